The minimum absolute atomic E-state index is 0.0955. The molecule has 0 spiro atoms. The van der Waals surface area contributed by atoms with Crippen molar-refractivity contribution in [1.29, 1.82) is 0 Å². The van der Waals surface area contributed by atoms with Gasteiger partial charge in [0.1, 0.15) is 6.26 Å². The summed E-state index contributed by atoms with van der Waals surface area (Å²) in [6.07, 6.45) is 3.99. The molecule has 2 N–H and O–H groups in total. The van der Waals surface area contributed by atoms with Crippen LogP contribution >= 0.6 is 11.6 Å². The van der Waals surface area contributed by atoms with Crippen LogP contribution in [-0.4, -0.2) is 35.7 Å². The molecule has 32 heavy (non-hydrogen) atoms. The molecule has 4 rings (SSSR count). The third kappa shape index (κ3) is 5.00. The lowest BCUT2D eigenvalue weighted by Gasteiger charge is -2.31. The first kappa shape index (κ1) is 21.6. The van der Waals surface area contributed by atoms with Crippen LogP contribution in [0.2, 0.25) is 5.02 Å². The molecule has 1 aliphatic heterocycles. The zero-order valence-corrected chi connectivity index (χ0v) is 18.0. The van der Waals surface area contributed by atoms with Crippen LogP contribution in [0.25, 0.3) is 0 Å². The Hall–Kier alpha value is -3.58. The van der Waals surface area contributed by atoms with Gasteiger partial charge in [0.25, 0.3) is 11.8 Å². The summed E-state index contributed by atoms with van der Waals surface area (Å²) >= 11 is 5.89. The summed E-state index contributed by atoms with van der Waals surface area (Å²) in [5.41, 5.74) is 1.92. The van der Waals surface area contributed by atoms with E-state index in [2.05, 4.69) is 10.6 Å². The number of furan rings is 1. The average Bonchev–Trinajstić information content (AvgIpc) is 3.35. The molecule has 0 aliphatic carbocycles. The Kier molecular flexibility index (Phi) is 6.56. The first-order valence-corrected chi connectivity index (χ1v) is 10.7. The first-order chi connectivity index (χ1) is 15.5. The minimum Gasteiger partial charge on any atom is -0.472 e. The van der Waals surface area contributed by atoms with Crippen LogP contribution < -0.4 is 10.6 Å². The SMILES string of the molecule is O=C(Nc1ccc(Cl)cc1)c1ccccc1NC(=O)C1CCN(C(=O)c2ccoc2)CC1. The molecule has 1 aliphatic rings. The van der Waals surface area contributed by atoms with Crippen LogP contribution in [0.3, 0.4) is 0 Å². The third-order valence-corrected chi connectivity index (χ3v) is 5.70. The number of piperidine rings is 1. The second-order valence-corrected chi connectivity index (χ2v) is 8.01. The maximum atomic E-state index is 12.9. The van der Waals surface area contributed by atoms with E-state index in [1.165, 1.54) is 12.5 Å². The van der Waals surface area contributed by atoms with Crippen LogP contribution in [0.4, 0.5) is 11.4 Å². The van der Waals surface area contributed by atoms with Gasteiger partial charge in [-0.25, -0.2) is 0 Å². The van der Waals surface area contributed by atoms with Crippen LogP contribution in [0, 0.1) is 5.92 Å². The van der Waals surface area contributed by atoms with Gasteiger partial charge in [-0.05, 0) is 55.3 Å². The van der Waals surface area contributed by atoms with Gasteiger partial charge >= 0.3 is 0 Å². The Bertz CT molecular complexity index is 1100. The molecule has 0 atom stereocenters. The van der Waals surface area contributed by atoms with Crippen LogP contribution in [0.1, 0.15) is 33.6 Å². The van der Waals surface area contributed by atoms with E-state index in [4.69, 9.17) is 16.0 Å². The van der Waals surface area contributed by atoms with E-state index in [1.807, 2.05) is 0 Å². The molecule has 2 heterocycles. The highest BCUT2D eigenvalue weighted by molar-refractivity contribution is 6.30. The van der Waals surface area contributed by atoms with Crippen molar-refractivity contribution < 1.29 is 18.8 Å². The van der Waals surface area contributed by atoms with E-state index in [-0.39, 0.29) is 23.6 Å². The van der Waals surface area contributed by atoms with E-state index in [9.17, 15) is 14.4 Å². The molecule has 3 amide bonds. The summed E-state index contributed by atoms with van der Waals surface area (Å²) in [7, 11) is 0. The molecule has 0 saturated carbocycles. The molecule has 2 aromatic carbocycles. The molecule has 1 fully saturated rings. The lowest BCUT2D eigenvalue weighted by atomic mass is 9.95. The standard InChI is InChI=1S/C24H22ClN3O4/c25-18-5-7-19(8-6-18)26-23(30)20-3-1-2-4-21(20)27-22(29)16-9-12-28(13-10-16)24(31)17-11-14-32-15-17/h1-8,11,14-16H,9-10,12-13H2,(H,26,30)(H,27,29). The van der Waals surface area contributed by atoms with E-state index >= 15 is 0 Å². The molecule has 1 saturated heterocycles. The summed E-state index contributed by atoms with van der Waals surface area (Å²) < 4.78 is 4.98. The zero-order valence-electron chi connectivity index (χ0n) is 17.2. The Balaban J connectivity index is 1.37. The Morgan fingerprint density at radius 2 is 1.66 bits per heavy atom. The number of nitrogens with one attached hydrogen (secondary N) is 2. The predicted octanol–water partition coefficient (Wildman–Crippen LogP) is 4.68. The van der Waals surface area contributed by atoms with Gasteiger partial charge in [-0.1, -0.05) is 23.7 Å². The largest absolute Gasteiger partial charge is 0.472 e. The predicted molar refractivity (Wildman–Crippen MR) is 122 cm³/mol. The van der Waals surface area contributed by atoms with Crippen molar-refractivity contribution in [2.24, 2.45) is 5.92 Å². The highest BCUT2D eigenvalue weighted by atomic mass is 35.5. The average molecular weight is 452 g/mol. The third-order valence-electron chi connectivity index (χ3n) is 5.45. The van der Waals surface area contributed by atoms with Crippen molar-refractivity contribution in [2.75, 3.05) is 23.7 Å². The molecule has 164 valence electrons. The Labute approximate surface area is 190 Å². The fourth-order valence-corrected chi connectivity index (χ4v) is 3.80. The number of carbonyl (C=O) groups is 3. The summed E-state index contributed by atoms with van der Waals surface area (Å²) in [6, 6.07) is 15.3. The number of nitrogens with zero attached hydrogens (tertiary/aromatic N) is 1. The summed E-state index contributed by atoms with van der Waals surface area (Å²) in [5, 5.41) is 6.27. The molecule has 0 radical (unpaired) electrons. The molecular weight excluding hydrogens is 430 g/mol. The van der Waals surface area contributed by atoms with E-state index in [1.54, 1.807) is 59.5 Å². The fourth-order valence-electron chi connectivity index (χ4n) is 3.67. The molecular formula is C24H22ClN3O4. The van der Waals surface area contributed by atoms with Gasteiger partial charge in [-0.15, -0.1) is 0 Å². The normalized spacial score (nSPS) is 14.1. The van der Waals surface area contributed by atoms with Crippen LogP contribution in [0.5, 0.6) is 0 Å². The molecule has 0 bridgehead atoms. The summed E-state index contributed by atoms with van der Waals surface area (Å²) in [6.45, 7) is 0.974. The van der Waals surface area contributed by atoms with Crippen LogP contribution in [0.15, 0.2) is 71.5 Å². The summed E-state index contributed by atoms with van der Waals surface area (Å²) in [5.74, 6) is -0.825. The second kappa shape index (κ2) is 9.70. The quantitative estimate of drug-likeness (QED) is 0.589. The molecule has 0 unspecified atom stereocenters. The maximum absolute atomic E-state index is 12.9. The van der Waals surface area contributed by atoms with Gasteiger partial charge < -0.3 is 20.0 Å². The first-order valence-electron chi connectivity index (χ1n) is 10.3. The number of anilines is 2. The Morgan fingerprint density at radius 3 is 2.34 bits per heavy atom. The fraction of sp³-hybridized carbons (Fsp3) is 0.208. The van der Waals surface area contributed by atoms with Crippen molar-refractivity contribution in [3.8, 4) is 0 Å². The molecule has 7 nitrogen and oxygen atoms in total. The number of halogens is 1. The van der Waals surface area contributed by atoms with E-state index < -0.39 is 0 Å². The highest BCUT2D eigenvalue weighted by Gasteiger charge is 2.28. The monoisotopic (exact) mass is 451 g/mol. The van der Waals surface area contributed by atoms with E-state index in [0.717, 1.165) is 0 Å². The number of carbonyl (C=O) groups excluding carboxylic acids is 3. The number of amides is 3. The van der Waals surface area contributed by atoms with Gasteiger partial charge in [0.05, 0.1) is 23.1 Å². The Morgan fingerprint density at radius 1 is 0.938 bits per heavy atom. The van der Waals surface area contributed by atoms with Crippen molar-refractivity contribution in [2.45, 2.75) is 12.8 Å². The number of para-hydroxylation sites is 1. The van der Waals surface area contributed by atoms with Gasteiger partial charge in [0.2, 0.25) is 5.91 Å². The molecule has 8 heteroatoms. The lowest BCUT2D eigenvalue weighted by Crippen LogP contribution is -2.41. The zero-order chi connectivity index (χ0) is 22.5. The topological polar surface area (TPSA) is 91.7 Å². The number of hydrogen-bond acceptors (Lipinski definition) is 4. The maximum Gasteiger partial charge on any atom is 0.257 e. The van der Waals surface area contributed by atoms with Gasteiger partial charge in [-0.3, -0.25) is 14.4 Å². The number of rotatable bonds is 5. The number of benzene rings is 2. The number of likely N-dealkylation sites (tertiary alicyclic amines) is 1. The summed E-state index contributed by atoms with van der Waals surface area (Å²) in [4.78, 5) is 39.8. The van der Waals surface area contributed by atoms with Crippen LogP contribution in [-0.2, 0) is 4.79 Å². The minimum atomic E-state index is -0.330. The smallest absolute Gasteiger partial charge is 0.257 e. The molecule has 3 aromatic rings. The van der Waals surface area contributed by atoms with Gasteiger partial charge in [0, 0.05) is 29.7 Å². The van der Waals surface area contributed by atoms with Crippen molar-refractivity contribution >= 4 is 40.7 Å². The highest BCUT2D eigenvalue weighted by Crippen LogP contribution is 2.23. The lowest BCUT2D eigenvalue weighted by molar-refractivity contribution is -0.121. The van der Waals surface area contributed by atoms with E-state index in [0.29, 0.717) is 53.5 Å². The van der Waals surface area contributed by atoms with Crippen molar-refractivity contribution in [1.82, 2.24) is 4.90 Å². The van der Waals surface area contributed by atoms with Crippen molar-refractivity contribution in [3.63, 3.8) is 0 Å². The number of hydrogen-bond donors (Lipinski definition) is 2. The van der Waals surface area contributed by atoms with Gasteiger partial charge in [0.15, 0.2) is 0 Å². The van der Waals surface area contributed by atoms with Crippen molar-refractivity contribution in [3.05, 3.63) is 83.3 Å². The second-order valence-electron chi connectivity index (χ2n) is 7.57. The molecule has 1 aromatic heterocycles. The van der Waals surface area contributed by atoms with Gasteiger partial charge in [-0.2, -0.15) is 0 Å².